The highest BCUT2D eigenvalue weighted by Crippen LogP contribution is 2.49. The van der Waals surface area contributed by atoms with Gasteiger partial charge in [0.1, 0.15) is 0 Å². The van der Waals surface area contributed by atoms with Gasteiger partial charge in [-0.15, -0.1) is 0 Å². The maximum atomic E-state index is 4.07. The van der Waals surface area contributed by atoms with Crippen LogP contribution >= 0.6 is 0 Å². The Bertz CT molecular complexity index is 4550. The SMILES string of the molecule is CC1=CC2=C(C1)C1=C(C=C(C)C1)C2.CC1=CC2=C(C1)C1=C(C=C(C)C1)C2.CC1=CC2=C(C=C(C)C2)C1.CC1=CC=C(C)C1.CC1=CN=C(C)C1.CC1=Cc2cc3c(cc2C1)C=C(C)C3.CC1=Cc2ccc(C)cc2C1.CC1=Cc2ccc3c(c2C1)CC(C)=C3.CC1=c2ccccc2=C(C)C1. The maximum absolute atomic E-state index is 4.07. The van der Waals surface area contributed by atoms with Crippen LogP contribution in [-0.4, -0.2) is 5.71 Å². The minimum Gasteiger partial charge on any atom is -0.266 e. The van der Waals surface area contributed by atoms with E-state index in [4.69, 9.17) is 0 Å². The maximum Gasteiger partial charge on any atom is 0.0260 e. The van der Waals surface area contributed by atoms with Crippen LogP contribution in [0.2, 0.25) is 0 Å². The van der Waals surface area contributed by atoms with E-state index in [1.54, 1.807) is 89.2 Å². The van der Waals surface area contributed by atoms with Gasteiger partial charge in [-0.1, -0.05) is 235 Å². The first-order chi connectivity index (χ1) is 47.8. The van der Waals surface area contributed by atoms with E-state index < -0.39 is 0 Å². The second kappa shape index (κ2) is 30.7. The summed E-state index contributed by atoms with van der Waals surface area (Å²) in [5.74, 6) is 0. The van der Waals surface area contributed by atoms with Gasteiger partial charge in [0.15, 0.2) is 0 Å². The van der Waals surface area contributed by atoms with Gasteiger partial charge in [0, 0.05) is 18.3 Å². The summed E-state index contributed by atoms with van der Waals surface area (Å²) in [6, 6.07) is 24.6. The Labute approximate surface area is 602 Å². The molecule has 4 aromatic carbocycles. The second-order valence-corrected chi connectivity index (χ2v) is 32.4. The van der Waals surface area contributed by atoms with Crippen LogP contribution in [0.4, 0.5) is 0 Å². The van der Waals surface area contributed by atoms with Crippen molar-refractivity contribution in [3.63, 3.8) is 0 Å². The third-order valence-corrected chi connectivity index (χ3v) is 21.9. The number of allylic oxidation sites excluding steroid dienone is 32. The second-order valence-electron chi connectivity index (χ2n) is 32.4. The van der Waals surface area contributed by atoms with Gasteiger partial charge in [-0.3, -0.25) is 4.99 Å². The Morgan fingerprint density at radius 3 is 0.940 bits per heavy atom. The van der Waals surface area contributed by atoms with Gasteiger partial charge in [0.25, 0.3) is 0 Å². The zero-order valence-electron chi connectivity index (χ0n) is 64.2. The van der Waals surface area contributed by atoms with Crippen molar-refractivity contribution >= 4 is 47.2 Å². The topological polar surface area (TPSA) is 12.4 Å². The molecule has 512 valence electrons. The number of nitrogens with zero attached hydrogens (tertiary/aromatic N) is 1. The van der Waals surface area contributed by atoms with Crippen molar-refractivity contribution in [3.8, 4) is 0 Å². The molecule has 0 saturated heterocycles. The van der Waals surface area contributed by atoms with E-state index in [9.17, 15) is 0 Å². The van der Waals surface area contributed by atoms with Crippen molar-refractivity contribution in [2.75, 3.05) is 0 Å². The van der Waals surface area contributed by atoms with Crippen molar-refractivity contribution in [2.45, 2.75) is 227 Å². The highest BCUT2D eigenvalue weighted by atomic mass is 14.7. The summed E-state index contributed by atoms with van der Waals surface area (Å²) in [6.07, 6.45) is 51.0. The molecule has 100 heavy (non-hydrogen) atoms. The lowest BCUT2D eigenvalue weighted by atomic mass is 9.98. The lowest BCUT2D eigenvalue weighted by Crippen LogP contribution is -2.22. The minimum atomic E-state index is 1.08. The molecule has 20 rings (SSSR count). The molecule has 0 unspecified atom stereocenters. The van der Waals surface area contributed by atoms with Crippen molar-refractivity contribution in [1.82, 2.24) is 0 Å². The quantitative estimate of drug-likeness (QED) is 0.166. The predicted octanol–water partition coefficient (Wildman–Crippen LogP) is 26.0. The van der Waals surface area contributed by atoms with Crippen molar-refractivity contribution in [1.29, 1.82) is 0 Å². The molecule has 4 aromatic rings. The molecule has 0 saturated carbocycles. The molecule has 0 aromatic heterocycles. The van der Waals surface area contributed by atoms with Gasteiger partial charge in [-0.25, -0.2) is 0 Å². The number of aliphatic imine (C=N–C) groups is 1. The number of benzene rings is 4. The lowest BCUT2D eigenvalue weighted by molar-refractivity contribution is 1.09. The van der Waals surface area contributed by atoms with Crippen molar-refractivity contribution in [3.05, 3.63) is 327 Å². The van der Waals surface area contributed by atoms with E-state index in [0.29, 0.717) is 0 Å². The fraction of sp³-hybridized carbons (Fsp3) is 0.343. The van der Waals surface area contributed by atoms with Crippen LogP contribution in [0.5, 0.6) is 0 Å². The fourth-order valence-electron chi connectivity index (χ4n) is 17.5. The molecule has 0 bridgehead atoms. The zero-order valence-corrected chi connectivity index (χ0v) is 64.2. The normalized spacial score (nSPS) is 19.7. The van der Waals surface area contributed by atoms with Crippen LogP contribution in [0.25, 0.3) is 41.5 Å². The first-order valence-electron chi connectivity index (χ1n) is 37.5. The molecule has 0 spiro atoms. The van der Waals surface area contributed by atoms with E-state index in [0.717, 1.165) is 25.7 Å². The van der Waals surface area contributed by atoms with E-state index in [2.05, 4.69) is 268 Å². The fourth-order valence-corrected chi connectivity index (χ4v) is 17.5. The number of rotatable bonds is 0. The third-order valence-electron chi connectivity index (χ3n) is 21.9. The van der Waals surface area contributed by atoms with Gasteiger partial charge < -0.3 is 0 Å². The summed E-state index contributed by atoms with van der Waals surface area (Å²) in [7, 11) is 0. The van der Waals surface area contributed by atoms with Crippen molar-refractivity contribution < 1.29 is 0 Å². The Hall–Kier alpha value is -8.65. The summed E-state index contributed by atoms with van der Waals surface area (Å²) in [5.41, 5.74) is 57.6. The number of hydrogen-bond donors (Lipinski definition) is 0. The van der Waals surface area contributed by atoms with Crippen LogP contribution in [0.1, 0.15) is 250 Å². The molecular weight excluding hydrogens is 1200 g/mol. The molecule has 0 atom stereocenters. The molecule has 16 aliphatic rings. The molecular formula is C99H111N. The zero-order chi connectivity index (χ0) is 70.8. The largest absolute Gasteiger partial charge is 0.266 e. The summed E-state index contributed by atoms with van der Waals surface area (Å²) in [6.45, 7) is 39.5. The summed E-state index contributed by atoms with van der Waals surface area (Å²) in [4.78, 5) is 4.07. The van der Waals surface area contributed by atoms with Crippen molar-refractivity contribution in [2.24, 2.45) is 4.99 Å². The minimum absolute atomic E-state index is 1.08. The average molecular weight is 1310 g/mol. The smallest absolute Gasteiger partial charge is 0.0260 e. The molecule has 15 aliphatic carbocycles. The Morgan fingerprint density at radius 1 is 0.240 bits per heavy atom. The third kappa shape index (κ3) is 17.0. The van der Waals surface area contributed by atoms with E-state index in [1.807, 2.05) is 13.1 Å². The lowest BCUT2D eigenvalue weighted by Gasteiger charge is -2.07. The monoisotopic (exact) mass is 1310 g/mol. The summed E-state index contributed by atoms with van der Waals surface area (Å²) < 4.78 is 0. The first kappa shape index (κ1) is 71.2. The molecule has 1 heteroatoms. The van der Waals surface area contributed by atoms with Gasteiger partial charge >= 0.3 is 0 Å². The molecule has 0 fully saturated rings. The molecule has 1 nitrogen and oxygen atoms in total. The molecule has 0 N–H and O–H groups in total. The Kier molecular flexibility index (Phi) is 21.8. The summed E-state index contributed by atoms with van der Waals surface area (Å²) in [5, 5.41) is 2.90. The van der Waals surface area contributed by atoms with Crippen LogP contribution in [0.15, 0.2) is 260 Å². The average Bonchev–Trinajstić information content (AvgIpc) is 1.62. The van der Waals surface area contributed by atoms with Crippen LogP contribution in [0, 0.1) is 6.92 Å². The van der Waals surface area contributed by atoms with E-state index in [1.165, 1.54) is 210 Å². The Balaban J connectivity index is 0.000000108. The van der Waals surface area contributed by atoms with Crippen LogP contribution in [0.3, 0.4) is 0 Å². The first-order valence-corrected chi connectivity index (χ1v) is 37.5. The highest BCUT2D eigenvalue weighted by molar-refractivity contribution is 5.86. The number of aryl methyl sites for hydroxylation is 1. The number of fused-ring (bicyclic) bond motifs is 9. The number of hydrogen-bond acceptors (Lipinski definition) is 1. The predicted molar refractivity (Wildman–Crippen MR) is 438 cm³/mol. The van der Waals surface area contributed by atoms with Gasteiger partial charge in [-0.05, 0) is 348 Å². The van der Waals surface area contributed by atoms with Crippen LogP contribution in [-0.2, 0) is 32.1 Å². The molecule has 0 radical (unpaired) electrons. The molecule has 0 amide bonds. The molecule has 1 aliphatic heterocycles. The van der Waals surface area contributed by atoms with Crippen LogP contribution < -0.4 is 10.4 Å². The van der Waals surface area contributed by atoms with E-state index in [-0.39, 0.29) is 0 Å². The Morgan fingerprint density at radius 2 is 0.580 bits per heavy atom. The molecule has 1 heterocycles. The summed E-state index contributed by atoms with van der Waals surface area (Å²) >= 11 is 0. The van der Waals surface area contributed by atoms with Gasteiger partial charge in [-0.2, -0.15) is 0 Å². The highest BCUT2D eigenvalue weighted by Gasteiger charge is 2.30. The standard InChI is InChI=1S/2C14H14.2C13H14.2C11H12.C10H12.C7H10.C6H9N/c1-9-3-11-7-13-5-10(2)6-14(13)8-12(11)4-9;1-9-5-11-3-4-12-6-10(2)8-14(12)13(11)7-9;2*1-8-3-10-7-11-4-9(2)6-13(11)12(10)5-8;1-8-3-4-10-6-9(2)7-11(10)5-8;1-8-7-9(2)11-6-4-3-5-10(8)11;1-7-3-9-5-8(2)6-10(9)4-7;1-6-3-4-7(2)5-6;1-5-3-6(2)7-4-5/h3,6-8H,4-5H2,1-2H3;3-6H,7-8H2,1-2H3;2*3-4H,5-7H2,1-2H3;2*3-6H,7H2,1-2H3;3,6H,4-5H2,1-2H3;3-4H,5H2,1-2H3;4H,3H2,1-2H3. The van der Waals surface area contributed by atoms with Gasteiger partial charge in [0.2, 0.25) is 0 Å². The van der Waals surface area contributed by atoms with E-state index >= 15 is 0 Å². The van der Waals surface area contributed by atoms with Gasteiger partial charge in [0.05, 0.1) is 0 Å².